The quantitative estimate of drug-likeness (QED) is 0.717. The molecule has 0 bridgehead atoms. The lowest BCUT2D eigenvalue weighted by Crippen LogP contribution is -2.07. The van der Waals surface area contributed by atoms with E-state index < -0.39 is 0 Å². The predicted octanol–water partition coefficient (Wildman–Crippen LogP) is 1.52. The smallest absolute Gasteiger partial charge is 0.181 e. The number of rotatable bonds is 3. The molecule has 0 fully saturated rings. The Morgan fingerprint density at radius 1 is 1.64 bits per heavy atom. The molecule has 0 amide bonds. The molecule has 1 N–H and O–H groups in total. The molecule has 0 aromatic carbocycles. The molecule has 1 aromatic heterocycles. The maximum atomic E-state index is 5.19. The largest absolute Gasteiger partial charge is 0.447 e. The van der Waals surface area contributed by atoms with Crippen molar-refractivity contribution in [1.82, 2.24) is 10.3 Å². The Morgan fingerprint density at radius 3 is 2.91 bits per heavy atom. The molecule has 0 radical (unpaired) electrons. The van der Waals surface area contributed by atoms with Gasteiger partial charge < -0.3 is 9.73 Å². The number of aromatic nitrogens is 1. The van der Waals surface area contributed by atoms with Crippen LogP contribution in [-0.2, 0) is 6.54 Å². The number of hydrogen-bond acceptors (Lipinski definition) is 3. The van der Waals surface area contributed by atoms with Gasteiger partial charge in [0, 0.05) is 0 Å². The second-order valence-electron chi connectivity index (χ2n) is 2.85. The van der Waals surface area contributed by atoms with Gasteiger partial charge in [-0.3, -0.25) is 0 Å². The lowest BCUT2D eigenvalue weighted by Gasteiger charge is -2.01. The van der Waals surface area contributed by atoms with Crippen molar-refractivity contribution < 1.29 is 4.42 Å². The van der Waals surface area contributed by atoms with E-state index in [4.69, 9.17) is 4.42 Å². The molecule has 62 valence electrons. The SMILES string of the molecule is CNCc1ocnc1C(C)C. The molecular weight excluding hydrogens is 140 g/mol. The summed E-state index contributed by atoms with van der Waals surface area (Å²) in [6.07, 6.45) is 1.50. The fraction of sp³-hybridized carbons (Fsp3) is 0.625. The van der Waals surface area contributed by atoms with E-state index in [2.05, 4.69) is 24.1 Å². The standard InChI is InChI=1S/C8H14N2O/c1-6(2)8-7(4-9-3)11-5-10-8/h5-6,9H,4H2,1-3H3. The monoisotopic (exact) mass is 154 g/mol. The van der Waals surface area contributed by atoms with E-state index in [1.165, 1.54) is 6.39 Å². The van der Waals surface area contributed by atoms with Crippen LogP contribution in [0.2, 0.25) is 0 Å². The molecule has 0 saturated heterocycles. The number of nitrogens with zero attached hydrogens (tertiary/aromatic N) is 1. The van der Waals surface area contributed by atoms with Gasteiger partial charge in [-0.15, -0.1) is 0 Å². The minimum absolute atomic E-state index is 0.442. The summed E-state index contributed by atoms with van der Waals surface area (Å²) in [4.78, 5) is 4.13. The molecular formula is C8H14N2O. The maximum Gasteiger partial charge on any atom is 0.181 e. The Kier molecular flexibility index (Phi) is 2.65. The van der Waals surface area contributed by atoms with Gasteiger partial charge in [-0.1, -0.05) is 13.8 Å². The third-order valence-corrected chi connectivity index (χ3v) is 1.56. The van der Waals surface area contributed by atoms with Gasteiger partial charge >= 0.3 is 0 Å². The van der Waals surface area contributed by atoms with Crippen molar-refractivity contribution in [2.75, 3.05) is 7.05 Å². The van der Waals surface area contributed by atoms with Gasteiger partial charge in [-0.25, -0.2) is 4.98 Å². The lowest BCUT2D eigenvalue weighted by molar-refractivity contribution is 0.485. The summed E-state index contributed by atoms with van der Waals surface area (Å²) in [5.74, 6) is 1.39. The lowest BCUT2D eigenvalue weighted by atomic mass is 10.1. The zero-order valence-electron chi connectivity index (χ0n) is 7.22. The summed E-state index contributed by atoms with van der Waals surface area (Å²) in [6, 6.07) is 0. The fourth-order valence-electron chi connectivity index (χ4n) is 1.04. The second-order valence-corrected chi connectivity index (χ2v) is 2.85. The minimum Gasteiger partial charge on any atom is -0.447 e. The maximum absolute atomic E-state index is 5.19. The molecule has 0 aliphatic rings. The first-order valence-electron chi connectivity index (χ1n) is 3.82. The molecule has 0 spiro atoms. The molecule has 11 heavy (non-hydrogen) atoms. The summed E-state index contributed by atoms with van der Waals surface area (Å²) < 4.78 is 5.19. The van der Waals surface area contributed by atoms with Gasteiger partial charge in [-0.05, 0) is 13.0 Å². The summed E-state index contributed by atoms with van der Waals surface area (Å²) in [6.45, 7) is 4.97. The van der Waals surface area contributed by atoms with E-state index in [1.807, 2.05) is 7.05 Å². The average molecular weight is 154 g/mol. The van der Waals surface area contributed by atoms with Gasteiger partial charge in [0.25, 0.3) is 0 Å². The Morgan fingerprint density at radius 2 is 2.36 bits per heavy atom. The second kappa shape index (κ2) is 3.53. The predicted molar refractivity (Wildman–Crippen MR) is 43.4 cm³/mol. The van der Waals surface area contributed by atoms with Crippen LogP contribution in [0.4, 0.5) is 0 Å². The highest BCUT2D eigenvalue weighted by molar-refractivity contribution is 5.10. The summed E-state index contributed by atoms with van der Waals surface area (Å²) in [5, 5.41) is 3.03. The number of oxazole rings is 1. The third-order valence-electron chi connectivity index (χ3n) is 1.56. The highest BCUT2D eigenvalue weighted by atomic mass is 16.3. The number of nitrogens with one attached hydrogen (secondary N) is 1. The molecule has 0 saturated carbocycles. The molecule has 1 aromatic rings. The molecule has 0 atom stereocenters. The Labute approximate surface area is 66.8 Å². The summed E-state index contributed by atoms with van der Waals surface area (Å²) in [5.41, 5.74) is 1.05. The van der Waals surface area contributed by atoms with Gasteiger partial charge in [0.2, 0.25) is 0 Å². The molecule has 1 heterocycles. The van der Waals surface area contributed by atoms with E-state index in [1.54, 1.807) is 0 Å². The van der Waals surface area contributed by atoms with Crippen LogP contribution in [0.15, 0.2) is 10.8 Å². The van der Waals surface area contributed by atoms with E-state index in [0.717, 1.165) is 18.0 Å². The molecule has 0 aliphatic carbocycles. The third kappa shape index (κ3) is 1.80. The van der Waals surface area contributed by atoms with Crippen LogP contribution < -0.4 is 5.32 Å². The van der Waals surface area contributed by atoms with Crippen molar-refractivity contribution in [3.05, 3.63) is 17.8 Å². The van der Waals surface area contributed by atoms with Crippen LogP contribution in [0.5, 0.6) is 0 Å². The first kappa shape index (κ1) is 8.27. The molecule has 0 aliphatic heterocycles. The zero-order chi connectivity index (χ0) is 8.27. The summed E-state index contributed by atoms with van der Waals surface area (Å²) in [7, 11) is 1.90. The van der Waals surface area contributed by atoms with Gasteiger partial charge in [0.15, 0.2) is 6.39 Å². The van der Waals surface area contributed by atoms with Crippen molar-refractivity contribution in [3.8, 4) is 0 Å². The fourth-order valence-corrected chi connectivity index (χ4v) is 1.04. The van der Waals surface area contributed by atoms with E-state index in [9.17, 15) is 0 Å². The van der Waals surface area contributed by atoms with Gasteiger partial charge in [0.1, 0.15) is 5.76 Å². The van der Waals surface area contributed by atoms with Crippen molar-refractivity contribution in [2.24, 2.45) is 0 Å². The molecule has 3 nitrogen and oxygen atoms in total. The summed E-state index contributed by atoms with van der Waals surface area (Å²) >= 11 is 0. The van der Waals surface area contributed by atoms with Crippen molar-refractivity contribution in [2.45, 2.75) is 26.3 Å². The van der Waals surface area contributed by atoms with E-state index >= 15 is 0 Å². The normalized spacial score (nSPS) is 10.9. The van der Waals surface area contributed by atoms with E-state index in [-0.39, 0.29) is 0 Å². The first-order valence-corrected chi connectivity index (χ1v) is 3.82. The number of hydrogen-bond donors (Lipinski definition) is 1. The minimum atomic E-state index is 0.442. The van der Waals surface area contributed by atoms with Crippen molar-refractivity contribution >= 4 is 0 Å². The van der Waals surface area contributed by atoms with Crippen molar-refractivity contribution in [3.63, 3.8) is 0 Å². The Hall–Kier alpha value is -0.830. The van der Waals surface area contributed by atoms with Crippen LogP contribution in [0.25, 0.3) is 0 Å². The van der Waals surface area contributed by atoms with Gasteiger partial charge in [-0.2, -0.15) is 0 Å². The highest BCUT2D eigenvalue weighted by Gasteiger charge is 2.09. The zero-order valence-corrected chi connectivity index (χ0v) is 7.22. The van der Waals surface area contributed by atoms with Crippen LogP contribution in [0.3, 0.4) is 0 Å². The van der Waals surface area contributed by atoms with Crippen LogP contribution in [0.1, 0.15) is 31.2 Å². The van der Waals surface area contributed by atoms with Gasteiger partial charge in [0.05, 0.1) is 12.2 Å². The molecule has 3 heteroatoms. The molecule has 1 rings (SSSR count). The van der Waals surface area contributed by atoms with E-state index in [0.29, 0.717) is 5.92 Å². The Balaban J connectivity index is 2.78. The van der Waals surface area contributed by atoms with Crippen LogP contribution >= 0.6 is 0 Å². The average Bonchev–Trinajstić information content (AvgIpc) is 2.36. The first-order chi connectivity index (χ1) is 5.25. The topological polar surface area (TPSA) is 38.1 Å². The van der Waals surface area contributed by atoms with Crippen LogP contribution in [0, 0.1) is 0 Å². The van der Waals surface area contributed by atoms with Crippen LogP contribution in [-0.4, -0.2) is 12.0 Å². The molecule has 0 unspecified atom stereocenters. The Bertz CT molecular complexity index is 218. The highest BCUT2D eigenvalue weighted by Crippen LogP contribution is 2.16. The van der Waals surface area contributed by atoms with Crippen molar-refractivity contribution in [1.29, 1.82) is 0 Å².